The van der Waals surface area contributed by atoms with Gasteiger partial charge in [-0.15, -0.1) is 0 Å². The Morgan fingerprint density at radius 1 is 1.50 bits per heavy atom. The van der Waals surface area contributed by atoms with Crippen LogP contribution in [0.5, 0.6) is 0 Å². The van der Waals surface area contributed by atoms with Crippen molar-refractivity contribution >= 4 is 23.5 Å². The van der Waals surface area contributed by atoms with Gasteiger partial charge in [-0.2, -0.15) is 9.97 Å². The lowest BCUT2D eigenvalue weighted by Crippen LogP contribution is -2.35. The molecule has 0 fully saturated rings. The summed E-state index contributed by atoms with van der Waals surface area (Å²) in [6, 6.07) is 1.62. The molecule has 0 aliphatic carbocycles. The maximum atomic E-state index is 11.1. The fourth-order valence-corrected chi connectivity index (χ4v) is 1.50. The third-order valence-electron chi connectivity index (χ3n) is 2.33. The van der Waals surface area contributed by atoms with Gasteiger partial charge < -0.3 is 21.8 Å². The third-order valence-corrected chi connectivity index (χ3v) is 2.33. The Hall–Kier alpha value is -2.09. The second-order valence-corrected chi connectivity index (χ2v) is 3.86. The van der Waals surface area contributed by atoms with Gasteiger partial charge in [0.05, 0.1) is 6.54 Å². The van der Waals surface area contributed by atoms with Crippen LogP contribution in [0.15, 0.2) is 6.07 Å². The maximum absolute atomic E-state index is 11.1. The van der Waals surface area contributed by atoms with Gasteiger partial charge in [-0.1, -0.05) is 13.3 Å². The monoisotopic (exact) mass is 253 g/mol. The average molecular weight is 253 g/mol. The summed E-state index contributed by atoms with van der Waals surface area (Å²) < 4.78 is 0. The van der Waals surface area contributed by atoms with Crippen LogP contribution >= 0.6 is 0 Å². The van der Waals surface area contributed by atoms with E-state index in [2.05, 4.69) is 22.3 Å². The molecule has 0 saturated heterocycles. The predicted octanol–water partition coefficient (Wildman–Crippen LogP) is -0.564. The van der Waals surface area contributed by atoms with Crippen LogP contribution in [0.2, 0.25) is 0 Å². The van der Waals surface area contributed by atoms with Gasteiger partial charge in [0, 0.05) is 12.6 Å². The van der Waals surface area contributed by atoms with Crippen LogP contribution in [0, 0.1) is 0 Å². The SMILES string of the molecule is CCCCN(CC(N)=O)c1cc(NN)nc(N)n1. The van der Waals surface area contributed by atoms with Crippen molar-refractivity contribution < 1.29 is 4.79 Å². The van der Waals surface area contributed by atoms with Gasteiger partial charge in [0.1, 0.15) is 11.6 Å². The Bertz CT molecular complexity index is 409. The Balaban J connectivity index is 2.95. The van der Waals surface area contributed by atoms with E-state index >= 15 is 0 Å². The molecule has 0 spiro atoms. The van der Waals surface area contributed by atoms with Crippen molar-refractivity contribution in [1.82, 2.24) is 9.97 Å². The van der Waals surface area contributed by atoms with Crippen molar-refractivity contribution in [3.05, 3.63) is 6.07 Å². The predicted molar refractivity (Wildman–Crippen MR) is 70.6 cm³/mol. The smallest absolute Gasteiger partial charge is 0.236 e. The van der Waals surface area contributed by atoms with E-state index in [0.717, 1.165) is 12.8 Å². The minimum Gasteiger partial charge on any atom is -0.368 e. The van der Waals surface area contributed by atoms with Gasteiger partial charge in [0.15, 0.2) is 0 Å². The number of carbonyl (C=O) groups is 1. The molecule has 7 N–H and O–H groups in total. The highest BCUT2D eigenvalue weighted by atomic mass is 16.1. The van der Waals surface area contributed by atoms with E-state index in [-0.39, 0.29) is 12.5 Å². The molecule has 8 heteroatoms. The molecule has 1 amide bonds. The quantitative estimate of drug-likeness (QED) is 0.377. The summed E-state index contributed by atoms with van der Waals surface area (Å²) in [5.41, 5.74) is 13.2. The second kappa shape index (κ2) is 6.60. The lowest BCUT2D eigenvalue weighted by atomic mass is 10.3. The van der Waals surface area contributed by atoms with Gasteiger partial charge in [0.2, 0.25) is 11.9 Å². The number of amides is 1. The van der Waals surface area contributed by atoms with Crippen molar-refractivity contribution in [2.75, 3.05) is 29.1 Å². The maximum Gasteiger partial charge on any atom is 0.236 e. The number of unbranched alkanes of at least 4 members (excludes halogenated alkanes) is 1. The number of rotatable bonds is 7. The van der Waals surface area contributed by atoms with Gasteiger partial charge in [-0.25, -0.2) is 5.84 Å². The van der Waals surface area contributed by atoms with Crippen LogP contribution in [-0.4, -0.2) is 29.0 Å². The van der Waals surface area contributed by atoms with Crippen LogP contribution in [0.4, 0.5) is 17.6 Å². The van der Waals surface area contributed by atoms with E-state index in [1.54, 1.807) is 11.0 Å². The number of aromatic nitrogens is 2. The molecule has 100 valence electrons. The Kier molecular flexibility index (Phi) is 5.12. The van der Waals surface area contributed by atoms with Crippen molar-refractivity contribution in [1.29, 1.82) is 0 Å². The Morgan fingerprint density at radius 2 is 2.22 bits per heavy atom. The highest BCUT2D eigenvalue weighted by Gasteiger charge is 2.12. The van der Waals surface area contributed by atoms with Crippen LogP contribution < -0.4 is 27.6 Å². The molecule has 0 unspecified atom stereocenters. The van der Waals surface area contributed by atoms with E-state index in [4.69, 9.17) is 17.3 Å². The molecular weight excluding hydrogens is 234 g/mol. The number of hydrazine groups is 1. The lowest BCUT2D eigenvalue weighted by molar-refractivity contribution is -0.116. The summed E-state index contributed by atoms with van der Waals surface area (Å²) in [5.74, 6) is 5.87. The van der Waals surface area contributed by atoms with Gasteiger partial charge in [-0.05, 0) is 6.42 Å². The van der Waals surface area contributed by atoms with E-state index < -0.39 is 5.91 Å². The highest BCUT2D eigenvalue weighted by Crippen LogP contribution is 2.16. The summed E-state index contributed by atoms with van der Waals surface area (Å²) in [5, 5.41) is 0. The molecule has 1 heterocycles. The van der Waals surface area contributed by atoms with Crippen molar-refractivity contribution in [2.45, 2.75) is 19.8 Å². The number of nitrogens with two attached hydrogens (primary N) is 3. The Labute approximate surface area is 106 Å². The molecule has 8 nitrogen and oxygen atoms in total. The first kappa shape index (κ1) is 14.0. The normalized spacial score (nSPS) is 10.1. The summed E-state index contributed by atoms with van der Waals surface area (Å²) in [6.45, 7) is 2.81. The first-order valence-electron chi connectivity index (χ1n) is 5.71. The largest absolute Gasteiger partial charge is 0.368 e. The first-order chi connectivity index (χ1) is 8.56. The first-order valence-corrected chi connectivity index (χ1v) is 5.71. The highest BCUT2D eigenvalue weighted by molar-refractivity contribution is 5.79. The van der Waals surface area contributed by atoms with Crippen LogP contribution in [0.1, 0.15) is 19.8 Å². The molecule has 0 atom stereocenters. The van der Waals surface area contributed by atoms with Crippen molar-refractivity contribution in [3.63, 3.8) is 0 Å². The molecule has 1 rings (SSSR count). The topological polar surface area (TPSA) is 136 Å². The van der Waals surface area contributed by atoms with Crippen LogP contribution in [0.25, 0.3) is 0 Å². The zero-order valence-corrected chi connectivity index (χ0v) is 10.4. The number of nitrogens with one attached hydrogen (secondary N) is 1. The van der Waals surface area contributed by atoms with E-state index in [1.165, 1.54) is 0 Å². The summed E-state index contributed by atoms with van der Waals surface area (Å²) in [7, 11) is 0. The minimum atomic E-state index is -0.425. The summed E-state index contributed by atoms with van der Waals surface area (Å²) >= 11 is 0. The number of anilines is 3. The molecule has 0 aliphatic rings. The van der Waals surface area contributed by atoms with Crippen LogP contribution in [0.3, 0.4) is 0 Å². The van der Waals surface area contributed by atoms with E-state index in [0.29, 0.717) is 18.2 Å². The molecule has 0 aliphatic heterocycles. The second-order valence-electron chi connectivity index (χ2n) is 3.86. The fourth-order valence-electron chi connectivity index (χ4n) is 1.50. The third kappa shape index (κ3) is 4.06. The minimum absolute atomic E-state index is 0.0838. The summed E-state index contributed by atoms with van der Waals surface area (Å²) in [4.78, 5) is 20.8. The molecular formula is C10H19N7O. The average Bonchev–Trinajstić information content (AvgIpc) is 2.33. The number of hydrogen-bond donors (Lipinski definition) is 4. The van der Waals surface area contributed by atoms with Crippen molar-refractivity contribution in [3.8, 4) is 0 Å². The van der Waals surface area contributed by atoms with Gasteiger partial charge in [0.25, 0.3) is 0 Å². The molecule has 0 bridgehead atoms. The van der Waals surface area contributed by atoms with Gasteiger partial charge >= 0.3 is 0 Å². The zero-order valence-electron chi connectivity index (χ0n) is 10.4. The molecule has 0 radical (unpaired) electrons. The summed E-state index contributed by atoms with van der Waals surface area (Å²) in [6.07, 6.45) is 1.92. The van der Waals surface area contributed by atoms with E-state index in [9.17, 15) is 4.79 Å². The molecule has 0 aromatic carbocycles. The van der Waals surface area contributed by atoms with E-state index in [1.807, 2.05) is 0 Å². The van der Waals surface area contributed by atoms with Gasteiger partial charge in [-0.3, -0.25) is 4.79 Å². The number of nitrogens with zero attached hydrogens (tertiary/aromatic N) is 3. The van der Waals surface area contributed by atoms with Crippen LogP contribution in [-0.2, 0) is 4.79 Å². The Morgan fingerprint density at radius 3 is 2.78 bits per heavy atom. The number of hydrogen-bond acceptors (Lipinski definition) is 7. The molecule has 18 heavy (non-hydrogen) atoms. The lowest BCUT2D eigenvalue weighted by Gasteiger charge is -2.22. The molecule has 1 aromatic rings. The number of nitrogen functional groups attached to an aromatic ring is 2. The molecule has 1 aromatic heterocycles. The standard InChI is InChI=1S/C10H19N7O/c1-2-3-4-17(6-7(11)18)9-5-8(16-13)14-10(12)15-9/h5H,2-4,6,13H2,1H3,(H2,11,18)(H3,12,14,15,16). The zero-order chi connectivity index (χ0) is 13.5. The van der Waals surface area contributed by atoms with Crippen molar-refractivity contribution in [2.24, 2.45) is 11.6 Å². The molecule has 0 saturated carbocycles. The fraction of sp³-hybridized carbons (Fsp3) is 0.500. The number of carbonyl (C=O) groups excluding carboxylic acids is 1. The number of primary amides is 1.